The van der Waals surface area contributed by atoms with Crippen LogP contribution in [-0.4, -0.2) is 35.2 Å². The van der Waals surface area contributed by atoms with Crippen LogP contribution in [0.25, 0.3) is 0 Å². The molecular weight excluding hydrogens is 262 g/mol. The Morgan fingerprint density at radius 2 is 2.15 bits per heavy atom. The molecule has 1 aromatic rings. The number of carbonyl (C=O) groups excluding carboxylic acids is 1. The molecule has 108 valence electrons. The quantitative estimate of drug-likeness (QED) is 0.731. The zero-order chi connectivity index (χ0) is 14.7. The van der Waals surface area contributed by atoms with Crippen molar-refractivity contribution in [3.8, 4) is 11.5 Å². The van der Waals surface area contributed by atoms with Gasteiger partial charge in [-0.1, -0.05) is 0 Å². The van der Waals surface area contributed by atoms with Gasteiger partial charge in [0, 0.05) is 6.04 Å². The van der Waals surface area contributed by atoms with Gasteiger partial charge in [0.05, 0.1) is 19.1 Å². The van der Waals surface area contributed by atoms with E-state index in [2.05, 4.69) is 5.32 Å². The van der Waals surface area contributed by atoms with Crippen LogP contribution in [0.2, 0.25) is 0 Å². The van der Waals surface area contributed by atoms with Crippen LogP contribution in [-0.2, 0) is 4.79 Å². The molecule has 2 rings (SSSR count). The molecule has 1 saturated carbocycles. The van der Waals surface area contributed by atoms with Gasteiger partial charge in [0.1, 0.15) is 11.5 Å². The summed E-state index contributed by atoms with van der Waals surface area (Å²) in [4.78, 5) is 22.9. The largest absolute Gasteiger partial charge is 0.507 e. The number of ether oxygens (including phenoxy) is 1. The SMILES string of the molecule is COc1ccc(O)c(C(=O)NC(CC(=O)O)C2CC2)c1. The first-order valence-electron chi connectivity index (χ1n) is 6.41. The maximum Gasteiger partial charge on any atom is 0.305 e. The number of hydrogen-bond donors (Lipinski definition) is 3. The Bertz CT molecular complexity index is 524. The summed E-state index contributed by atoms with van der Waals surface area (Å²) in [5.41, 5.74) is 0.0837. The van der Waals surface area contributed by atoms with Crippen LogP contribution in [0.3, 0.4) is 0 Å². The van der Waals surface area contributed by atoms with Crippen molar-refractivity contribution in [2.75, 3.05) is 7.11 Å². The van der Waals surface area contributed by atoms with Gasteiger partial charge < -0.3 is 20.3 Å². The van der Waals surface area contributed by atoms with Gasteiger partial charge in [0.15, 0.2) is 0 Å². The number of amides is 1. The predicted octanol–water partition coefficient (Wildman–Crippen LogP) is 1.38. The summed E-state index contributed by atoms with van der Waals surface area (Å²) in [6.07, 6.45) is 1.73. The van der Waals surface area contributed by atoms with Crippen molar-refractivity contribution >= 4 is 11.9 Å². The predicted molar refractivity (Wildman–Crippen MR) is 70.9 cm³/mol. The molecule has 6 nitrogen and oxygen atoms in total. The summed E-state index contributed by atoms with van der Waals surface area (Å²) >= 11 is 0. The van der Waals surface area contributed by atoms with Crippen LogP contribution in [0.15, 0.2) is 18.2 Å². The minimum Gasteiger partial charge on any atom is -0.507 e. The lowest BCUT2D eigenvalue weighted by Crippen LogP contribution is -2.38. The van der Waals surface area contributed by atoms with Gasteiger partial charge in [-0.2, -0.15) is 0 Å². The van der Waals surface area contributed by atoms with Gasteiger partial charge in [-0.25, -0.2) is 0 Å². The van der Waals surface area contributed by atoms with Gasteiger partial charge in [-0.05, 0) is 37.0 Å². The number of rotatable bonds is 6. The van der Waals surface area contributed by atoms with E-state index in [4.69, 9.17) is 9.84 Å². The third-order valence-electron chi connectivity index (χ3n) is 3.35. The molecule has 6 heteroatoms. The molecule has 0 spiro atoms. The number of phenolic OH excluding ortho intramolecular Hbond substituents is 1. The van der Waals surface area contributed by atoms with E-state index in [-0.39, 0.29) is 23.7 Å². The zero-order valence-electron chi connectivity index (χ0n) is 11.1. The minimum absolute atomic E-state index is 0.0837. The molecule has 1 unspecified atom stereocenters. The third kappa shape index (κ3) is 3.40. The van der Waals surface area contributed by atoms with E-state index >= 15 is 0 Å². The zero-order valence-corrected chi connectivity index (χ0v) is 11.1. The van der Waals surface area contributed by atoms with Crippen LogP contribution >= 0.6 is 0 Å². The van der Waals surface area contributed by atoms with Gasteiger partial charge in [-0.3, -0.25) is 9.59 Å². The van der Waals surface area contributed by atoms with Crippen molar-refractivity contribution < 1.29 is 24.5 Å². The fourth-order valence-electron chi connectivity index (χ4n) is 2.09. The highest BCUT2D eigenvalue weighted by atomic mass is 16.5. The molecule has 1 fully saturated rings. The van der Waals surface area contributed by atoms with Crippen LogP contribution < -0.4 is 10.1 Å². The third-order valence-corrected chi connectivity index (χ3v) is 3.35. The van der Waals surface area contributed by atoms with Gasteiger partial charge in [0.25, 0.3) is 5.91 Å². The Balaban J connectivity index is 2.11. The van der Waals surface area contributed by atoms with E-state index in [0.717, 1.165) is 12.8 Å². The van der Waals surface area contributed by atoms with Gasteiger partial charge >= 0.3 is 5.97 Å². The van der Waals surface area contributed by atoms with Crippen molar-refractivity contribution in [1.29, 1.82) is 0 Å². The lowest BCUT2D eigenvalue weighted by atomic mass is 10.1. The molecule has 1 atom stereocenters. The van der Waals surface area contributed by atoms with Crippen molar-refractivity contribution in [1.82, 2.24) is 5.32 Å². The summed E-state index contributed by atoms with van der Waals surface area (Å²) in [6, 6.07) is 3.94. The standard InChI is InChI=1S/C14H17NO5/c1-20-9-4-5-12(16)10(6-9)14(19)15-11(7-13(17)18)8-2-3-8/h4-6,8,11,16H,2-3,7H2,1H3,(H,15,19)(H,17,18). The van der Waals surface area contributed by atoms with Crippen molar-refractivity contribution in [2.24, 2.45) is 5.92 Å². The van der Waals surface area contributed by atoms with Gasteiger partial charge in [0.2, 0.25) is 0 Å². The number of carboxylic acid groups (broad SMARTS) is 1. The lowest BCUT2D eigenvalue weighted by molar-refractivity contribution is -0.137. The smallest absolute Gasteiger partial charge is 0.305 e. The molecule has 1 aliphatic rings. The van der Waals surface area contributed by atoms with Crippen LogP contribution in [0.1, 0.15) is 29.6 Å². The first-order valence-corrected chi connectivity index (χ1v) is 6.41. The Morgan fingerprint density at radius 1 is 1.45 bits per heavy atom. The van der Waals surface area contributed by atoms with Crippen molar-refractivity contribution in [3.05, 3.63) is 23.8 Å². The molecule has 0 bridgehead atoms. The van der Waals surface area contributed by atoms with Crippen molar-refractivity contribution in [2.45, 2.75) is 25.3 Å². The Morgan fingerprint density at radius 3 is 2.70 bits per heavy atom. The molecule has 1 amide bonds. The highest BCUT2D eigenvalue weighted by molar-refractivity contribution is 5.97. The van der Waals surface area contributed by atoms with E-state index in [1.807, 2.05) is 0 Å². The second-order valence-electron chi connectivity index (χ2n) is 4.90. The second-order valence-corrected chi connectivity index (χ2v) is 4.90. The summed E-state index contributed by atoms with van der Waals surface area (Å²) in [5, 5.41) is 21.3. The normalized spacial score (nSPS) is 15.4. The second kappa shape index (κ2) is 5.81. The molecule has 0 aromatic heterocycles. The molecule has 0 aliphatic heterocycles. The molecule has 0 saturated heterocycles. The van der Waals surface area contributed by atoms with Gasteiger partial charge in [-0.15, -0.1) is 0 Å². The van der Waals surface area contributed by atoms with Crippen LogP contribution in [0.5, 0.6) is 11.5 Å². The number of carbonyl (C=O) groups is 2. The topological polar surface area (TPSA) is 95.9 Å². The lowest BCUT2D eigenvalue weighted by Gasteiger charge is -2.17. The number of aromatic hydroxyl groups is 1. The van der Waals surface area contributed by atoms with E-state index in [0.29, 0.717) is 5.75 Å². The average molecular weight is 279 g/mol. The number of hydrogen-bond acceptors (Lipinski definition) is 4. The first-order chi connectivity index (χ1) is 9.51. The molecular formula is C14H17NO5. The Labute approximate surface area is 116 Å². The Kier molecular flexibility index (Phi) is 4.12. The minimum atomic E-state index is -0.947. The molecule has 0 radical (unpaired) electrons. The number of benzene rings is 1. The molecule has 1 aromatic carbocycles. The molecule has 20 heavy (non-hydrogen) atoms. The summed E-state index contributed by atoms with van der Waals surface area (Å²) in [5.74, 6) is -0.929. The van der Waals surface area contributed by atoms with Crippen LogP contribution in [0.4, 0.5) is 0 Å². The maximum atomic E-state index is 12.1. The van der Waals surface area contributed by atoms with E-state index in [1.165, 1.54) is 19.2 Å². The van der Waals surface area contributed by atoms with Crippen molar-refractivity contribution in [3.63, 3.8) is 0 Å². The number of methoxy groups -OCH3 is 1. The number of aliphatic carboxylic acids is 1. The average Bonchev–Trinajstić information content (AvgIpc) is 3.22. The highest BCUT2D eigenvalue weighted by Crippen LogP contribution is 2.34. The molecule has 3 N–H and O–H groups in total. The monoisotopic (exact) mass is 279 g/mol. The molecule has 1 aliphatic carbocycles. The number of phenols is 1. The number of carboxylic acids is 1. The van der Waals surface area contributed by atoms with E-state index in [1.54, 1.807) is 6.07 Å². The van der Waals surface area contributed by atoms with E-state index in [9.17, 15) is 14.7 Å². The maximum absolute atomic E-state index is 12.1. The highest BCUT2D eigenvalue weighted by Gasteiger charge is 2.34. The summed E-state index contributed by atoms with van der Waals surface area (Å²) in [6.45, 7) is 0. The first kappa shape index (κ1) is 14.2. The summed E-state index contributed by atoms with van der Waals surface area (Å²) < 4.78 is 5.00. The summed E-state index contributed by atoms with van der Waals surface area (Å²) in [7, 11) is 1.46. The van der Waals surface area contributed by atoms with E-state index < -0.39 is 17.9 Å². The van der Waals surface area contributed by atoms with Crippen LogP contribution in [0, 0.1) is 5.92 Å². The fraction of sp³-hybridized carbons (Fsp3) is 0.429. The molecule has 0 heterocycles. The number of nitrogens with one attached hydrogen (secondary N) is 1. The fourth-order valence-corrected chi connectivity index (χ4v) is 2.09. The Hall–Kier alpha value is -2.24.